The molecule has 0 saturated carbocycles. The van der Waals surface area contributed by atoms with Gasteiger partial charge in [-0.25, -0.2) is 0 Å². The largest absolute Gasteiger partial charge is 0.384 e. The third-order valence-electron chi connectivity index (χ3n) is 2.94. The molecule has 1 unspecified atom stereocenters. The minimum atomic E-state index is 0.753. The van der Waals surface area contributed by atoms with Gasteiger partial charge in [0.15, 0.2) is 0 Å². The van der Waals surface area contributed by atoms with Gasteiger partial charge in [-0.05, 0) is 50.0 Å². The van der Waals surface area contributed by atoms with Crippen LogP contribution in [-0.4, -0.2) is 19.6 Å². The maximum absolute atomic E-state index is 5.96. The first-order valence-corrected chi connectivity index (χ1v) is 5.84. The number of benzene rings is 1. The van der Waals surface area contributed by atoms with Crippen molar-refractivity contribution in [2.45, 2.75) is 13.3 Å². The molecule has 2 nitrogen and oxygen atoms in total. The van der Waals surface area contributed by atoms with Gasteiger partial charge in [0.1, 0.15) is 0 Å². The van der Waals surface area contributed by atoms with E-state index in [1.807, 2.05) is 12.1 Å². The Morgan fingerprint density at radius 2 is 2.40 bits per heavy atom. The average Bonchev–Trinajstić information content (AvgIpc) is 2.72. The minimum Gasteiger partial charge on any atom is -0.384 e. The quantitative estimate of drug-likeness (QED) is 0.825. The van der Waals surface area contributed by atoms with Crippen LogP contribution in [0.1, 0.15) is 12.0 Å². The van der Waals surface area contributed by atoms with E-state index in [0.29, 0.717) is 0 Å². The lowest BCUT2D eigenvalue weighted by molar-refractivity contribution is 0.615. The van der Waals surface area contributed by atoms with Crippen molar-refractivity contribution < 1.29 is 0 Å². The lowest BCUT2D eigenvalue weighted by Crippen LogP contribution is -2.17. The summed E-state index contributed by atoms with van der Waals surface area (Å²) < 4.78 is 0. The summed E-state index contributed by atoms with van der Waals surface area (Å²) in [5.74, 6) is 0.753. The van der Waals surface area contributed by atoms with Gasteiger partial charge in [-0.1, -0.05) is 17.7 Å². The molecule has 1 saturated heterocycles. The summed E-state index contributed by atoms with van der Waals surface area (Å²) in [5.41, 5.74) is 2.42. The summed E-state index contributed by atoms with van der Waals surface area (Å²) in [5, 5.41) is 7.64. The van der Waals surface area contributed by atoms with Gasteiger partial charge >= 0.3 is 0 Å². The van der Waals surface area contributed by atoms with E-state index >= 15 is 0 Å². The van der Waals surface area contributed by atoms with Crippen LogP contribution in [0, 0.1) is 12.8 Å². The van der Waals surface area contributed by atoms with E-state index in [1.165, 1.54) is 12.0 Å². The van der Waals surface area contributed by atoms with Crippen molar-refractivity contribution >= 4 is 17.3 Å². The zero-order chi connectivity index (χ0) is 10.7. The van der Waals surface area contributed by atoms with Gasteiger partial charge in [0.05, 0.1) is 0 Å². The van der Waals surface area contributed by atoms with Crippen LogP contribution in [0.2, 0.25) is 5.02 Å². The number of nitrogens with one attached hydrogen (secondary N) is 2. The highest BCUT2D eigenvalue weighted by atomic mass is 35.5. The molecule has 0 aliphatic carbocycles. The SMILES string of the molecule is Cc1ccc(Cl)cc1NCC1CCNC1. The molecule has 2 rings (SSSR count). The summed E-state index contributed by atoms with van der Waals surface area (Å²) in [6.07, 6.45) is 1.27. The second-order valence-corrected chi connectivity index (χ2v) is 4.64. The van der Waals surface area contributed by atoms with Gasteiger partial charge in [0, 0.05) is 17.3 Å². The number of halogens is 1. The molecule has 1 heterocycles. The van der Waals surface area contributed by atoms with E-state index in [-0.39, 0.29) is 0 Å². The summed E-state index contributed by atoms with van der Waals surface area (Å²) in [6, 6.07) is 5.98. The summed E-state index contributed by atoms with van der Waals surface area (Å²) in [7, 11) is 0. The molecule has 1 aliphatic rings. The molecule has 1 fully saturated rings. The van der Waals surface area contributed by atoms with Crippen molar-refractivity contribution in [2.24, 2.45) is 5.92 Å². The molecule has 1 aromatic rings. The topological polar surface area (TPSA) is 24.1 Å². The Morgan fingerprint density at radius 3 is 3.13 bits per heavy atom. The molecule has 15 heavy (non-hydrogen) atoms. The van der Waals surface area contributed by atoms with Gasteiger partial charge in [0.2, 0.25) is 0 Å². The number of hydrogen-bond donors (Lipinski definition) is 2. The van der Waals surface area contributed by atoms with E-state index in [0.717, 1.165) is 36.3 Å². The molecule has 82 valence electrons. The number of aryl methyl sites for hydroxylation is 1. The zero-order valence-corrected chi connectivity index (χ0v) is 9.77. The van der Waals surface area contributed by atoms with Crippen molar-refractivity contribution in [3.63, 3.8) is 0 Å². The van der Waals surface area contributed by atoms with Gasteiger partial charge in [0.25, 0.3) is 0 Å². The van der Waals surface area contributed by atoms with Crippen LogP contribution in [0.3, 0.4) is 0 Å². The van der Waals surface area contributed by atoms with Crippen LogP contribution in [0.4, 0.5) is 5.69 Å². The van der Waals surface area contributed by atoms with E-state index in [2.05, 4.69) is 23.6 Å². The van der Waals surface area contributed by atoms with Gasteiger partial charge in [-0.15, -0.1) is 0 Å². The highest BCUT2D eigenvalue weighted by Gasteiger charge is 2.13. The van der Waals surface area contributed by atoms with Crippen molar-refractivity contribution in [1.29, 1.82) is 0 Å². The maximum Gasteiger partial charge on any atom is 0.0426 e. The van der Waals surface area contributed by atoms with Crippen LogP contribution in [0.25, 0.3) is 0 Å². The highest BCUT2D eigenvalue weighted by Crippen LogP contribution is 2.21. The van der Waals surface area contributed by atoms with Crippen LogP contribution < -0.4 is 10.6 Å². The molecular formula is C12H17ClN2. The number of rotatable bonds is 3. The Hall–Kier alpha value is -0.730. The maximum atomic E-state index is 5.96. The van der Waals surface area contributed by atoms with Crippen LogP contribution in [-0.2, 0) is 0 Å². The van der Waals surface area contributed by atoms with Crippen molar-refractivity contribution in [3.05, 3.63) is 28.8 Å². The Balaban J connectivity index is 1.94. The monoisotopic (exact) mass is 224 g/mol. The fourth-order valence-corrected chi connectivity index (χ4v) is 2.10. The van der Waals surface area contributed by atoms with Crippen LogP contribution >= 0.6 is 11.6 Å². The van der Waals surface area contributed by atoms with Crippen molar-refractivity contribution in [3.8, 4) is 0 Å². The zero-order valence-electron chi connectivity index (χ0n) is 9.02. The van der Waals surface area contributed by atoms with Gasteiger partial charge in [-0.2, -0.15) is 0 Å². The fraction of sp³-hybridized carbons (Fsp3) is 0.500. The Morgan fingerprint density at radius 1 is 1.53 bits per heavy atom. The standard InChI is InChI=1S/C12H17ClN2/c1-9-2-3-11(13)6-12(9)15-8-10-4-5-14-7-10/h2-3,6,10,14-15H,4-5,7-8H2,1H3. The predicted molar refractivity (Wildman–Crippen MR) is 65.7 cm³/mol. The molecule has 0 amide bonds. The molecule has 0 bridgehead atoms. The molecule has 3 heteroatoms. The Kier molecular flexibility index (Phi) is 3.49. The summed E-state index contributed by atoms with van der Waals surface area (Å²) in [4.78, 5) is 0. The lowest BCUT2D eigenvalue weighted by atomic mass is 10.1. The molecular weight excluding hydrogens is 208 g/mol. The Labute approximate surface area is 96.0 Å². The average molecular weight is 225 g/mol. The van der Waals surface area contributed by atoms with Crippen LogP contribution in [0.5, 0.6) is 0 Å². The highest BCUT2D eigenvalue weighted by molar-refractivity contribution is 6.30. The van der Waals surface area contributed by atoms with Crippen molar-refractivity contribution in [2.75, 3.05) is 25.0 Å². The van der Waals surface area contributed by atoms with Crippen LogP contribution in [0.15, 0.2) is 18.2 Å². The van der Waals surface area contributed by atoms with Gasteiger partial charge in [-0.3, -0.25) is 0 Å². The van der Waals surface area contributed by atoms with Crippen molar-refractivity contribution in [1.82, 2.24) is 5.32 Å². The van der Waals surface area contributed by atoms with E-state index < -0.39 is 0 Å². The molecule has 2 N–H and O–H groups in total. The number of anilines is 1. The minimum absolute atomic E-state index is 0.753. The second kappa shape index (κ2) is 4.86. The molecule has 0 radical (unpaired) electrons. The normalized spacial score (nSPS) is 20.5. The Bertz CT molecular complexity index is 332. The van der Waals surface area contributed by atoms with E-state index in [9.17, 15) is 0 Å². The smallest absolute Gasteiger partial charge is 0.0426 e. The van der Waals surface area contributed by atoms with E-state index in [4.69, 9.17) is 11.6 Å². The molecule has 1 aliphatic heterocycles. The van der Waals surface area contributed by atoms with Gasteiger partial charge < -0.3 is 10.6 Å². The first-order chi connectivity index (χ1) is 7.25. The third kappa shape index (κ3) is 2.86. The molecule has 0 aromatic heterocycles. The first kappa shape index (κ1) is 10.8. The molecule has 1 atom stereocenters. The summed E-state index contributed by atoms with van der Waals surface area (Å²) in [6.45, 7) is 5.42. The second-order valence-electron chi connectivity index (χ2n) is 4.20. The third-order valence-corrected chi connectivity index (χ3v) is 3.18. The molecule has 1 aromatic carbocycles. The number of hydrogen-bond acceptors (Lipinski definition) is 2. The lowest BCUT2D eigenvalue weighted by Gasteiger charge is -2.13. The summed E-state index contributed by atoms with van der Waals surface area (Å²) >= 11 is 5.96. The fourth-order valence-electron chi connectivity index (χ4n) is 1.93. The first-order valence-electron chi connectivity index (χ1n) is 5.46. The predicted octanol–water partition coefficient (Wildman–Crippen LogP) is 2.67. The molecule has 0 spiro atoms. The van der Waals surface area contributed by atoms with E-state index in [1.54, 1.807) is 0 Å².